The van der Waals surface area contributed by atoms with E-state index in [2.05, 4.69) is 26.6 Å². The van der Waals surface area contributed by atoms with E-state index in [9.17, 15) is 9.59 Å². The fraction of sp³-hybridized carbons (Fsp3) is 0.385. The molecule has 0 aliphatic heterocycles. The number of amides is 2. The monoisotopic (exact) mass is 343 g/mol. The smallest absolute Gasteiger partial charge is 0.326 e. The lowest BCUT2D eigenvalue weighted by atomic mass is 10.1. The second-order valence-corrected chi connectivity index (χ2v) is 5.20. The van der Waals surface area contributed by atoms with E-state index in [1.54, 1.807) is 18.2 Å². The summed E-state index contributed by atoms with van der Waals surface area (Å²) in [5, 5.41) is 14.1. The van der Waals surface area contributed by atoms with Gasteiger partial charge < -0.3 is 21.5 Å². The summed E-state index contributed by atoms with van der Waals surface area (Å²) in [5.74, 6) is -1.05. The van der Waals surface area contributed by atoms with Gasteiger partial charge in [0.05, 0.1) is 0 Å². The molecule has 0 saturated carbocycles. The molecule has 110 valence electrons. The van der Waals surface area contributed by atoms with Crippen LogP contribution in [0.2, 0.25) is 0 Å². The van der Waals surface area contributed by atoms with Crippen molar-refractivity contribution in [3.05, 3.63) is 28.7 Å². The summed E-state index contributed by atoms with van der Waals surface area (Å²) in [7, 11) is 0. The van der Waals surface area contributed by atoms with Crippen LogP contribution in [0.1, 0.15) is 19.3 Å². The second-order valence-electron chi connectivity index (χ2n) is 4.28. The van der Waals surface area contributed by atoms with Gasteiger partial charge in [-0.1, -0.05) is 22.0 Å². The average molecular weight is 344 g/mol. The number of carboxylic acid groups (broad SMARTS) is 1. The Labute approximate surface area is 125 Å². The molecule has 1 rings (SSSR count). The Morgan fingerprint density at radius 1 is 1.35 bits per heavy atom. The van der Waals surface area contributed by atoms with Crippen molar-refractivity contribution in [3.63, 3.8) is 0 Å². The highest BCUT2D eigenvalue weighted by Gasteiger charge is 2.19. The molecule has 0 radical (unpaired) electrons. The van der Waals surface area contributed by atoms with Crippen LogP contribution in [0.4, 0.5) is 10.5 Å². The van der Waals surface area contributed by atoms with E-state index in [0.29, 0.717) is 25.1 Å². The minimum atomic E-state index is -1.05. The lowest BCUT2D eigenvalue weighted by Gasteiger charge is -2.15. The predicted molar refractivity (Wildman–Crippen MR) is 80.6 cm³/mol. The zero-order valence-corrected chi connectivity index (χ0v) is 12.5. The molecular formula is C13H18BrN3O3. The lowest BCUT2D eigenvalue weighted by Crippen LogP contribution is -2.43. The Bertz CT molecular complexity index is 468. The Balaban J connectivity index is 2.51. The molecule has 20 heavy (non-hydrogen) atoms. The number of benzene rings is 1. The fourth-order valence-corrected chi connectivity index (χ4v) is 2.04. The maximum Gasteiger partial charge on any atom is 0.326 e. The number of anilines is 1. The molecule has 7 heteroatoms. The van der Waals surface area contributed by atoms with Gasteiger partial charge in [0, 0.05) is 10.2 Å². The number of rotatable bonds is 7. The summed E-state index contributed by atoms with van der Waals surface area (Å²) in [5.41, 5.74) is 5.94. The van der Waals surface area contributed by atoms with E-state index >= 15 is 0 Å². The normalized spacial score (nSPS) is 11.7. The predicted octanol–water partition coefficient (Wildman–Crippen LogP) is 2.15. The van der Waals surface area contributed by atoms with Gasteiger partial charge in [0.1, 0.15) is 6.04 Å². The number of hydrogen-bond acceptors (Lipinski definition) is 3. The van der Waals surface area contributed by atoms with Gasteiger partial charge in [-0.25, -0.2) is 9.59 Å². The van der Waals surface area contributed by atoms with E-state index in [1.807, 2.05) is 6.07 Å². The third-order valence-corrected chi connectivity index (χ3v) is 3.13. The van der Waals surface area contributed by atoms with Gasteiger partial charge in [0.2, 0.25) is 0 Å². The number of nitrogens with one attached hydrogen (secondary N) is 2. The van der Waals surface area contributed by atoms with Gasteiger partial charge in [-0.3, -0.25) is 0 Å². The summed E-state index contributed by atoms with van der Waals surface area (Å²) in [6.07, 6.45) is 1.75. The molecule has 0 saturated heterocycles. The molecule has 0 aliphatic rings. The topological polar surface area (TPSA) is 104 Å². The van der Waals surface area contributed by atoms with Crippen LogP contribution in [0.5, 0.6) is 0 Å². The third kappa shape index (κ3) is 6.03. The highest BCUT2D eigenvalue weighted by molar-refractivity contribution is 9.10. The summed E-state index contributed by atoms with van der Waals surface area (Å²) in [6.45, 7) is 0.510. The van der Waals surface area contributed by atoms with Crippen molar-refractivity contribution < 1.29 is 14.7 Å². The molecule has 0 bridgehead atoms. The molecule has 1 aromatic carbocycles. The van der Waals surface area contributed by atoms with Crippen LogP contribution in [0.15, 0.2) is 28.7 Å². The van der Waals surface area contributed by atoms with Crippen LogP contribution in [-0.4, -0.2) is 29.7 Å². The van der Waals surface area contributed by atoms with Gasteiger partial charge in [0.15, 0.2) is 0 Å². The molecule has 5 N–H and O–H groups in total. The van der Waals surface area contributed by atoms with E-state index < -0.39 is 18.0 Å². The largest absolute Gasteiger partial charge is 0.480 e. The van der Waals surface area contributed by atoms with Crippen molar-refractivity contribution >= 4 is 33.6 Å². The van der Waals surface area contributed by atoms with Crippen LogP contribution in [0.3, 0.4) is 0 Å². The quantitative estimate of drug-likeness (QED) is 0.569. The maximum atomic E-state index is 11.7. The lowest BCUT2D eigenvalue weighted by molar-refractivity contribution is -0.139. The third-order valence-electron chi connectivity index (χ3n) is 2.63. The molecule has 1 atom stereocenters. The van der Waals surface area contributed by atoms with Crippen LogP contribution in [-0.2, 0) is 4.79 Å². The molecule has 0 aromatic heterocycles. The Kier molecular flexibility index (Phi) is 7.03. The zero-order valence-electron chi connectivity index (χ0n) is 10.9. The molecule has 2 amide bonds. The zero-order chi connectivity index (χ0) is 15.0. The van der Waals surface area contributed by atoms with Crippen molar-refractivity contribution in [2.75, 3.05) is 11.9 Å². The number of aliphatic carboxylic acids is 1. The highest BCUT2D eigenvalue weighted by atomic mass is 79.9. The fourth-order valence-electron chi connectivity index (χ4n) is 1.64. The molecule has 0 heterocycles. The van der Waals surface area contributed by atoms with Crippen LogP contribution < -0.4 is 16.4 Å². The molecule has 0 aliphatic carbocycles. The number of urea groups is 1. The van der Waals surface area contributed by atoms with E-state index in [-0.39, 0.29) is 0 Å². The Hall–Kier alpha value is -1.60. The first kappa shape index (κ1) is 16.5. The van der Waals surface area contributed by atoms with Gasteiger partial charge in [-0.15, -0.1) is 0 Å². The Morgan fingerprint density at radius 3 is 2.70 bits per heavy atom. The van der Waals surface area contributed by atoms with Crippen molar-refractivity contribution in [3.8, 4) is 0 Å². The number of hydrogen-bond donors (Lipinski definition) is 4. The SMILES string of the molecule is NCCCCC(NC(=O)Nc1cccc(Br)c1)C(=O)O. The highest BCUT2D eigenvalue weighted by Crippen LogP contribution is 2.15. The molecule has 1 aromatic rings. The molecule has 0 spiro atoms. The average Bonchev–Trinajstić information content (AvgIpc) is 2.37. The summed E-state index contributed by atoms with van der Waals surface area (Å²) in [6, 6.07) is 5.60. The van der Waals surface area contributed by atoms with Gasteiger partial charge in [-0.05, 0) is 44.0 Å². The molecule has 1 unspecified atom stereocenters. The molecule has 6 nitrogen and oxygen atoms in total. The summed E-state index contributed by atoms with van der Waals surface area (Å²) < 4.78 is 0.827. The van der Waals surface area contributed by atoms with Crippen LogP contribution in [0, 0.1) is 0 Å². The number of nitrogens with two attached hydrogens (primary N) is 1. The van der Waals surface area contributed by atoms with E-state index in [0.717, 1.165) is 10.9 Å². The van der Waals surface area contributed by atoms with Crippen molar-refractivity contribution in [1.82, 2.24) is 5.32 Å². The number of halogens is 1. The minimum Gasteiger partial charge on any atom is -0.480 e. The number of unbranched alkanes of at least 4 members (excludes halogenated alkanes) is 1. The molecular weight excluding hydrogens is 326 g/mol. The van der Waals surface area contributed by atoms with E-state index in [1.165, 1.54) is 0 Å². The number of carboxylic acids is 1. The first-order valence-corrected chi connectivity index (χ1v) is 7.08. The van der Waals surface area contributed by atoms with Crippen molar-refractivity contribution in [2.24, 2.45) is 5.73 Å². The van der Waals surface area contributed by atoms with E-state index in [4.69, 9.17) is 10.8 Å². The van der Waals surface area contributed by atoms with Crippen molar-refractivity contribution in [2.45, 2.75) is 25.3 Å². The standard InChI is InChI=1S/C13H18BrN3O3/c14-9-4-3-5-10(8-9)16-13(20)17-11(12(18)19)6-1-2-7-15/h3-5,8,11H,1-2,6-7,15H2,(H,18,19)(H2,16,17,20). The van der Waals surface area contributed by atoms with Crippen LogP contribution in [0.25, 0.3) is 0 Å². The first-order valence-electron chi connectivity index (χ1n) is 6.29. The van der Waals surface area contributed by atoms with Gasteiger partial charge in [0.25, 0.3) is 0 Å². The summed E-state index contributed by atoms with van der Waals surface area (Å²) in [4.78, 5) is 22.8. The number of carbonyl (C=O) groups excluding carboxylic acids is 1. The Morgan fingerprint density at radius 2 is 2.10 bits per heavy atom. The minimum absolute atomic E-state index is 0.360. The second kappa shape index (κ2) is 8.55. The van der Waals surface area contributed by atoms with Crippen LogP contribution >= 0.6 is 15.9 Å². The number of carbonyl (C=O) groups is 2. The maximum absolute atomic E-state index is 11.7. The molecule has 0 fully saturated rings. The van der Waals surface area contributed by atoms with Crippen molar-refractivity contribution in [1.29, 1.82) is 0 Å². The summed E-state index contributed by atoms with van der Waals surface area (Å²) >= 11 is 3.29. The first-order chi connectivity index (χ1) is 9.52. The van der Waals surface area contributed by atoms with Gasteiger partial charge >= 0.3 is 12.0 Å². The van der Waals surface area contributed by atoms with Gasteiger partial charge in [-0.2, -0.15) is 0 Å².